The summed E-state index contributed by atoms with van der Waals surface area (Å²) in [5.41, 5.74) is 7.97. The predicted octanol–water partition coefficient (Wildman–Crippen LogP) is 3.50. The Labute approximate surface area is 114 Å². The highest BCUT2D eigenvalue weighted by Crippen LogP contribution is 2.27. The monoisotopic (exact) mass is 259 g/mol. The molecule has 1 heterocycles. The minimum Gasteiger partial charge on any atom is -0.494 e. The van der Waals surface area contributed by atoms with E-state index in [1.165, 1.54) is 0 Å². The molecule has 0 radical (unpaired) electrons. The molecule has 102 valence electrons. The topological polar surface area (TPSA) is 53.1 Å². The van der Waals surface area contributed by atoms with Gasteiger partial charge in [0.25, 0.3) is 0 Å². The van der Waals surface area contributed by atoms with E-state index < -0.39 is 0 Å². The summed E-state index contributed by atoms with van der Waals surface area (Å²) in [6.45, 7) is 7.00. The summed E-state index contributed by atoms with van der Waals surface area (Å²) in [4.78, 5) is 4.40. The maximum atomic E-state index is 6.12. The second kappa shape index (κ2) is 5.78. The lowest BCUT2D eigenvalue weighted by Crippen LogP contribution is -2.04. The van der Waals surface area contributed by atoms with Crippen LogP contribution in [0.2, 0.25) is 0 Å². The van der Waals surface area contributed by atoms with Crippen LogP contribution in [0.3, 0.4) is 0 Å². The first-order valence-corrected chi connectivity index (χ1v) is 6.69. The molecular weight excluding hydrogens is 238 g/mol. The van der Waals surface area contributed by atoms with Gasteiger partial charge in [-0.15, -0.1) is 0 Å². The van der Waals surface area contributed by atoms with E-state index in [4.69, 9.17) is 10.5 Å². The highest BCUT2D eigenvalue weighted by Gasteiger charge is 2.11. The number of ether oxygens (including phenoxy) is 1. The van der Waals surface area contributed by atoms with Gasteiger partial charge in [-0.25, -0.2) is 4.98 Å². The van der Waals surface area contributed by atoms with Gasteiger partial charge in [0.05, 0.1) is 12.9 Å². The van der Waals surface area contributed by atoms with Gasteiger partial charge in [-0.1, -0.05) is 6.92 Å². The van der Waals surface area contributed by atoms with Gasteiger partial charge < -0.3 is 15.0 Å². The second-order valence-electron chi connectivity index (χ2n) is 4.85. The Kier molecular flexibility index (Phi) is 4.10. The van der Waals surface area contributed by atoms with Gasteiger partial charge in [-0.3, -0.25) is 0 Å². The molecule has 0 aliphatic carbocycles. The Morgan fingerprint density at radius 3 is 2.47 bits per heavy atom. The van der Waals surface area contributed by atoms with Crippen LogP contribution in [0.15, 0.2) is 30.6 Å². The normalized spacial score (nSPS) is 10.9. The largest absolute Gasteiger partial charge is 0.494 e. The van der Waals surface area contributed by atoms with Gasteiger partial charge >= 0.3 is 0 Å². The molecule has 0 aliphatic heterocycles. The van der Waals surface area contributed by atoms with Gasteiger partial charge in [0, 0.05) is 11.6 Å². The Morgan fingerprint density at radius 2 is 1.95 bits per heavy atom. The molecule has 4 heteroatoms. The Bertz CT molecular complexity index is 529. The molecule has 4 nitrogen and oxygen atoms in total. The standard InChI is InChI=1S/C15H21N3O/c1-4-9-19-13-7-5-12(6-8-13)14-15(16)18(10-17-14)11(2)3/h5-8,10-11H,4,9,16H2,1-3H3. The third-order valence-corrected chi connectivity index (χ3v) is 2.99. The molecule has 0 bridgehead atoms. The summed E-state index contributed by atoms with van der Waals surface area (Å²) in [5.74, 6) is 1.59. The Hall–Kier alpha value is -1.97. The number of hydrogen-bond donors (Lipinski definition) is 1. The van der Waals surface area contributed by atoms with Crippen molar-refractivity contribution in [2.24, 2.45) is 0 Å². The zero-order valence-electron chi connectivity index (χ0n) is 11.8. The predicted molar refractivity (Wildman–Crippen MR) is 78.2 cm³/mol. The van der Waals surface area contributed by atoms with E-state index in [0.29, 0.717) is 11.9 Å². The summed E-state index contributed by atoms with van der Waals surface area (Å²) in [5, 5.41) is 0. The fourth-order valence-electron chi connectivity index (χ4n) is 1.93. The number of anilines is 1. The molecule has 1 aromatic carbocycles. The lowest BCUT2D eigenvalue weighted by atomic mass is 10.1. The molecule has 2 aromatic rings. The SMILES string of the molecule is CCCOc1ccc(-c2ncn(C(C)C)c2N)cc1. The van der Waals surface area contributed by atoms with Crippen molar-refractivity contribution < 1.29 is 4.74 Å². The molecule has 19 heavy (non-hydrogen) atoms. The number of nitrogens with two attached hydrogens (primary N) is 1. The van der Waals surface area contributed by atoms with Crippen molar-refractivity contribution >= 4 is 5.82 Å². The van der Waals surface area contributed by atoms with Crippen LogP contribution in [-0.2, 0) is 0 Å². The molecule has 0 amide bonds. The number of hydrogen-bond acceptors (Lipinski definition) is 3. The van der Waals surface area contributed by atoms with Gasteiger partial charge in [-0.2, -0.15) is 0 Å². The Balaban J connectivity index is 2.22. The highest BCUT2D eigenvalue weighted by molar-refractivity contribution is 5.70. The van der Waals surface area contributed by atoms with Crippen molar-refractivity contribution in [2.45, 2.75) is 33.2 Å². The average molecular weight is 259 g/mol. The molecule has 0 saturated heterocycles. The van der Waals surface area contributed by atoms with Crippen molar-refractivity contribution in [3.63, 3.8) is 0 Å². The molecule has 0 saturated carbocycles. The van der Waals surface area contributed by atoms with E-state index >= 15 is 0 Å². The van der Waals surface area contributed by atoms with E-state index in [9.17, 15) is 0 Å². The van der Waals surface area contributed by atoms with Crippen molar-refractivity contribution in [1.82, 2.24) is 9.55 Å². The molecule has 0 unspecified atom stereocenters. The van der Waals surface area contributed by atoms with Crippen molar-refractivity contribution in [2.75, 3.05) is 12.3 Å². The zero-order valence-corrected chi connectivity index (χ0v) is 11.8. The highest BCUT2D eigenvalue weighted by atomic mass is 16.5. The molecule has 2 N–H and O–H groups in total. The summed E-state index contributed by atoms with van der Waals surface area (Å²) < 4.78 is 7.53. The minimum atomic E-state index is 0.313. The first-order valence-electron chi connectivity index (χ1n) is 6.69. The number of nitrogen functional groups attached to an aromatic ring is 1. The quantitative estimate of drug-likeness (QED) is 0.894. The van der Waals surface area contributed by atoms with Crippen molar-refractivity contribution in [3.8, 4) is 17.0 Å². The number of rotatable bonds is 5. The second-order valence-corrected chi connectivity index (χ2v) is 4.85. The first-order chi connectivity index (χ1) is 9.13. The lowest BCUT2D eigenvalue weighted by Gasteiger charge is -2.09. The third-order valence-electron chi connectivity index (χ3n) is 2.99. The lowest BCUT2D eigenvalue weighted by molar-refractivity contribution is 0.317. The van der Waals surface area contributed by atoms with Gasteiger partial charge in [0.1, 0.15) is 17.3 Å². The minimum absolute atomic E-state index is 0.313. The first kappa shape index (κ1) is 13.5. The van der Waals surface area contributed by atoms with Crippen LogP contribution in [-0.4, -0.2) is 16.2 Å². The van der Waals surface area contributed by atoms with Crippen molar-refractivity contribution in [1.29, 1.82) is 0 Å². The van der Waals surface area contributed by atoms with Crippen molar-refractivity contribution in [3.05, 3.63) is 30.6 Å². The van der Waals surface area contributed by atoms with Gasteiger partial charge in [0.15, 0.2) is 0 Å². The van der Waals surface area contributed by atoms with E-state index in [-0.39, 0.29) is 0 Å². The summed E-state index contributed by atoms with van der Waals surface area (Å²) in [6.07, 6.45) is 2.80. The van der Waals surface area contributed by atoms with Crippen LogP contribution in [0.1, 0.15) is 33.2 Å². The van der Waals surface area contributed by atoms with Crippen LogP contribution >= 0.6 is 0 Å². The number of benzene rings is 1. The van der Waals surface area contributed by atoms with Crippen LogP contribution in [0, 0.1) is 0 Å². The molecule has 2 rings (SSSR count). The van der Waals surface area contributed by atoms with E-state index in [1.807, 2.05) is 28.8 Å². The number of imidazole rings is 1. The number of nitrogens with zero attached hydrogens (tertiary/aromatic N) is 2. The average Bonchev–Trinajstić information content (AvgIpc) is 2.79. The molecule has 0 atom stereocenters. The van der Waals surface area contributed by atoms with Crippen LogP contribution in [0.4, 0.5) is 5.82 Å². The van der Waals surface area contributed by atoms with Crippen LogP contribution < -0.4 is 10.5 Å². The molecule has 0 aliphatic rings. The summed E-state index contributed by atoms with van der Waals surface area (Å²) in [6, 6.07) is 8.22. The molecular formula is C15H21N3O. The Morgan fingerprint density at radius 1 is 1.26 bits per heavy atom. The molecule has 1 aromatic heterocycles. The maximum Gasteiger partial charge on any atom is 0.131 e. The zero-order chi connectivity index (χ0) is 13.8. The maximum absolute atomic E-state index is 6.12. The fraction of sp³-hybridized carbons (Fsp3) is 0.400. The van der Waals surface area contributed by atoms with E-state index in [1.54, 1.807) is 6.33 Å². The van der Waals surface area contributed by atoms with E-state index in [2.05, 4.69) is 25.8 Å². The van der Waals surface area contributed by atoms with E-state index in [0.717, 1.165) is 30.0 Å². The van der Waals surface area contributed by atoms with Crippen LogP contribution in [0.25, 0.3) is 11.3 Å². The van der Waals surface area contributed by atoms with Gasteiger partial charge in [0.2, 0.25) is 0 Å². The smallest absolute Gasteiger partial charge is 0.131 e. The van der Waals surface area contributed by atoms with Crippen LogP contribution in [0.5, 0.6) is 5.75 Å². The summed E-state index contributed by atoms with van der Waals surface area (Å²) in [7, 11) is 0. The number of aromatic nitrogens is 2. The molecule has 0 spiro atoms. The summed E-state index contributed by atoms with van der Waals surface area (Å²) >= 11 is 0. The third kappa shape index (κ3) is 2.89. The molecule has 0 fully saturated rings. The fourth-order valence-corrected chi connectivity index (χ4v) is 1.93. The van der Waals surface area contributed by atoms with Gasteiger partial charge in [-0.05, 0) is 44.5 Å².